The molecular weight excluding hydrogens is 321 g/mol. The first-order chi connectivity index (χ1) is 10.9. The van der Waals surface area contributed by atoms with Crippen LogP contribution in [0.4, 0.5) is 0 Å². The molecule has 1 heterocycles. The second-order valence-corrected chi connectivity index (χ2v) is 7.45. The van der Waals surface area contributed by atoms with Crippen LogP contribution in [-0.2, 0) is 13.6 Å². The van der Waals surface area contributed by atoms with Gasteiger partial charge in [-0.3, -0.25) is 9.46 Å². The van der Waals surface area contributed by atoms with Gasteiger partial charge in [0.2, 0.25) is 5.75 Å². The molecule has 1 aromatic rings. The van der Waals surface area contributed by atoms with E-state index in [0.717, 1.165) is 12.8 Å². The molecule has 1 atom stereocenters. The van der Waals surface area contributed by atoms with Crippen molar-refractivity contribution in [2.45, 2.75) is 32.7 Å². The second-order valence-electron chi connectivity index (χ2n) is 5.43. The average molecular weight is 345 g/mol. The van der Waals surface area contributed by atoms with E-state index in [1.54, 1.807) is 19.9 Å². The molecule has 1 saturated heterocycles. The molecule has 130 valence electrons. The number of benzene rings is 1. The van der Waals surface area contributed by atoms with Gasteiger partial charge in [-0.15, -0.1) is 0 Å². The summed E-state index contributed by atoms with van der Waals surface area (Å²) in [5.41, 5.74) is 0.498. The fraction of sp³-hybridized carbons (Fsp3) is 0.600. The zero-order chi connectivity index (χ0) is 17.0. The van der Waals surface area contributed by atoms with Crippen molar-refractivity contribution < 1.29 is 28.9 Å². The summed E-state index contributed by atoms with van der Waals surface area (Å²) in [7, 11) is -3.23. The Morgan fingerprint density at radius 1 is 1.17 bits per heavy atom. The van der Waals surface area contributed by atoms with Crippen molar-refractivity contribution in [1.29, 1.82) is 0 Å². The predicted octanol–water partition coefficient (Wildman–Crippen LogP) is 3.16. The summed E-state index contributed by atoms with van der Waals surface area (Å²) in [6.45, 7) is 4.80. The maximum Gasteiger partial charge on any atom is 0.344 e. The third kappa shape index (κ3) is 3.98. The number of phenolic OH excluding ortho intramolecular Hbond substituents is 3. The normalized spacial score (nSPS) is 19.3. The van der Waals surface area contributed by atoms with Crippen molar-refractivity contribution in [3.05, 3.63) is 17.7 Å². The lowest BCUT2D eigenvalue weighted by Gasteiger charge is -2.28. The Labute approximate surface area is 136 Å². The van der Waals surface area contributed by atoms with Gasteiger partial charge < -0.3 is 24.4 Å². The maximum absolute atomic E-state index is 12.7. The van der Waals surface area contributed by atoms with Gasteiger partial charge in [0, 0.05) is 11.6 Å². The minimum absolute atomic E-state index is 0.125. The molecule has 7 nitrogen and oxygen atoms in total. The molecule has 0 radical (unpaired) electrons. The summed E-state index contributed by atoms with van der Waals surface area (Å²) in [5, 5.41) is 29.3. The average Bonchev–Trinajstić information content (AvgIpc) is 2.93. The number of rotatable bonds is 7. The first-order valence-corrected chi connectivity index (χ1v) is 9.50. The van der Waals surface area contributed by atoms with E-state index in [4.69, 9.17) is 9.05 Å². The summed E-state index contributed by atoms with van der Waals surface area (Å²) in [6.07, 6.45) is 1.74. The van der Waals surface area contributed by atoms with Crippen molar-refractivity contribution in [3.63, 3.8) is 0 Å². The van der Waals surface area contributed by atoms with E-state index in [1.165, 1.54) is 6.07 Å². The molecule has 3 N–H and O–H groups in total. The molecule has 1 aliphatic heterocycles. The van der Waals surface area contributed by atoms with Crippen LogP contribution in [0, 0.1) is 0 Å². The number of likely N-dealkylation sites (tertiary alicyclic amines) is 1. The lowest BCUT2D eigenvalue weighted by Crippen LogP contribution is -2.25. The number of hydrogen-bond acceptors (Lipinski definition) is 7. The Kier molecular flexibility index (Phi) is 5.92. The maximum atomic E-state index is 12.7. The van der Waals surface area contributed by atoms with Gasteiger partial charge >= 0.3 is 7.60 Å². The summed E-state index contributed by atoms with van der Waals surface area (Å²) in [4.78, 5) is 1.93. The minimum atomic E-state index is -3.23. The number of phenols is 3. The third-order valence-corrected chi connectivity index (χ3v) is 5.90. The van der Waals surface area contributed by atoms with Crippen LogP contribution in [0.2, 0.25) is 0 Å². The smallest absolute Gasteiger partial charge is 0.344 e. The van der Waals surface area contributed by atoms with Crippen LogP contribution in [-0.4, -0.2) is 46.3 Å². The van der Waals surface area contributed by atoms with Gasteiger partial charge in [0.05, 0.1) is 13.2 Å². The fourth-order valence-electron chi connectivity index (χ4n) is 2.94. The van der Waals surface area contributed by atoms with Gasteiger partial charge in [0.15, 0.2) is 11.5 Å². The van der Waals surface area contributed by atoms with Gasteiger partial charge in [0.25, 0.3) is 0 Å². The van der Waals surface area contributed by atoms with Crippen molar-refractivity contribution in [3.8, 4) is 17.2 Å². The summed E-state index contributed by atoms with van der Waals surface area (Å²) < 4.78 is 23.4. The molecule has 0 spiro atoms. The van der Waals surface area contributed by atoms with Gasteiger partial charge in [-0.1, -0.05) is 0 Å². The molecule has 1 aliphatic rings. The Hall–Kier alpha value is -1.27. The molecular formula is C15H24NO6P. The Bertz CT molecular complexity index is 584. The molecule has 1 unspecified atom stereocenters. The molecule has 0 saturated carbocycles. The molecule has 0 bridgehead atoms. The fourth-order valence-corrected chi connectivity index (χ4v) is 4.74. The van der Waals surface area contributed by atoms with Crippen molar-refractivity contribution >= 4 is 7.60 Å². The predicted molar refractivity (Wildman–Crippen MR) is 85.8 cm³/mol. The quantitative estimate of drug-likeness (QED) is 0.515. The monoisotopic (exact) mass is 345 g/mol. The zero-order valence-electron chi connectivity index (χ0n) is 13.4. The molecule has 0 aliphatic carbocycles. The lowest BCUT2D eigenvalue weighted by atomic mass is 10.0. The molecule has 1 fully saturated rings. The molecule has 8 heteroatoms. The van der Waals surface area contributed by atoms with Crippen LogP contribution < -0.4 is 0 Å². The van der Waals surface area contributed by atoms with Crippen molar-refractivity contribution in [2.24, 2.45) is 0 Å². The number of nitrogens with zero attached hydrogens (tertiary/aromatic N) is 1. The second kappa shape index (κ2) is 7.53. The van der Waals surface area contributed by atoms with E-state index in [2.05, 4.69) is 0 Å². The van der Waals surface area contributed by atoms with Gasteiger partial charge in [-0.25, -0.2) is 0 Å². The van der Waals surface area contributed by atoms with Crippen LogP contribution in [0.3, 0.4) is 0 Å². The largest absolute Gasteiger partial charge is 0.504 e. The first kappa shape index (κ1) is 18.1. The number of aromatic hydroxyl groups is 3. The zero-order valence-corrected chi connectivity index (χ0v) is 14.3. The highest BCUT2D eigenvalue weighted by atomic mass is 31.2. The third-order valence-electron chi connectivity index (χ3n) is 3.89. The van der Waals surface area contributed by atoms with E-state index in [0.29, 0.717) is 25.3 Å². The Balaban J connectivity index is 2.23. The SMILES string of the molecule is CCOP(=O)(CN1CCCC1c1ccc(O)c(O)c1O)OCC. The van der Waals surface area contributed by atoms with Crippen LogP contribution in [0.25, 0.3) is 0 Å². The highest BCUT2D eigenvalue weighted by molar-refractivity contribution is 7.53. The van der Waals surface area contributed by atoms with E-state index in [1.807, 2.05) is 4.90 Å². The minimum Gasteiger partial charge on any atom is -0.504 e. The summed E-state index contributed by atoms with van der Waals surface area (Å²) in [6, 6.07) is 2.70. The summed E-state index contributed by atoms with van der Waals surface area (Å²) in [5.74, 6) is -1.25. The van der Waals surface area contributed by atoms with Gasteiger partial charge in [-0.2, -0.15) is 0 Å². The van der Waals surface area contributed by atoms with Crippen LogP contribution >= 0.6 is 7.60 Å². The van der Waals surface area contributed by atoms with E-state index in [9.17, 15) is 19.9 Å². The summed E-state index contributed by atoms with van der Waals surface area (Å²) >= 11 is 0. The highest BCUT2D eigenvalue weighted by Crippen LogP contribution is 2.52. The van der Waals surface area contributed by atoms with Crippen LogP contribution in [0.5, 0.6) is 17.2 Å². The van der Waals surface area contributed by atoms with Crippen LogP contribution in [0.1, 0.15) is 38.3 Å². The van der Waals surface area contributed by atoms with E-state index < -0.39 is 13.3 Å². The molecule has 0 amide bonds. The topological polar surface area (TPSA) is 99.5 Å². The van der Waals surface area contributed by atoms with Crippen LogP contribution in [0.15, 0.2) is 12.1 Å². The van der Waals surface area contributed by atoms with E-state index >= 15 is 0 Å². The van der Waals surface area contributed by atoms with Crippen molar-refractivity contribution in [2.75, 3.05) is 26.0 Å². The Morgan fingerprint density at radius 3 is 2.43 bits per heavy atom. The molecule has 2 rings (SSSR count). The number of hydrogen-bond donors (Lipinski definition) is 3. The lowest BCUT2D eigenvalue weighted by molar-refractivity contribution is 0.190. The van der Waals surface area contributed by atoms with E-state index in [-0.39, 0.29) is 23.8 Å². The molecule has 23 heavy (non-hydrogen) atoms. The van der Waals surface area contributed by atoms with Gasteiger partial charge in [0.1, 0.15) is 6.29 Å². The molecule has 1 aromatic carbocycles. The van der Waals surface area contributed by atoms with Gasteiger partial charge in [-0.05, 0) is 45.4 Å². The Morgan fingerprint density at radius 2 is 1.83 bits per heavy atom. The first-order valence-electron chi connectivity index (χ1n) is 7.77. The van der Waals surface area contributed by atoms with Crippen molar-refractivity contribution in [1.82, 2.24) is 4.90 Å². The molecule has 0 aromatic heterocycles. The standard InChI is InChI=1S/C15H24NO6P/c1-3-21-23(20,22-4-2)10-16-9-5-6-12(16)11-7-8-13(17)15(19)14(11)18/h7-8,12,17-19H,3-6,9-10H2,1-2H3. The highest BCUT2D eigenvalue weighted by Gasteiger charge is 2.36.